The number of nitro groups is 1. The van der Waals surface area contributed by atoms with Gasteiger partial charge in [-0.05, 0) is 16.5 Å². The summed E-state index contributed by atoms with van der Waals surface area (Å²) in [6, 6.07) is 4.23. The maximum atomic E-state index is 10.8. The van der Waals surface area contributed by atoms with Crippen LogP contribution in [0.5, 0.6) is 5.75 Å². The molecule has 0 aliphatic carbocycles. The van der Waals surface area contributed by atoms with Gasteiger partial charge in [0.05, 0.1) is 4.92 Å². The van der Waals surface area contributed by atoms with Crippen molar-refractivity contribution < 1.29 is 22.3 Å². The van der Waals surface area contributed by atoms with Crippen molar-refractivity contribution in [1.29, 1.82) is 0 Å². The summed E-state index contributed by atoms with van der Waals surface area (Å²) in [7, 11) is -4.39. The molecule has 16 heavy (non-hydrogen) atoms. The zero-order valence-electron chi connectivity index (χ0n) is 7.56. The minimum absolute atomic E-state index is 0.190. The van der Waals surface area contributed by atoms with E-state index in [-0.39, 0.29) is 11.4 Å². The summed E-state index contributed by atoms with van der Waals surface area (Å²) in [5.74, 6) is -0.190. The molecule has 0 bridgehead atoms. The summed E-state index contributed by atoms with van der Waals surface area (Å²) in [6.07, 6.45) is 0.812. The Morgan fingerprint density at radius 3 is 2.31 bits per heavy atom. The SMILES string of the molecule is O=C=NS(=O)(=O)Oc1ccc([N+](=O)[O-])cc1. The smallest absolute Gasteiger partial charge is 0.365 e. The van der Waals surface area contributed by atoms with Crippen molar-refractivity contribution >= 4 is 22.1 Å². The number of hydrogen-bond acceptors (Lipinski definition) is 6. The lowest BCUT2D eigenvalue weighted by molar-refractivity contribution is -0.384. The lowest BCUT2D eigenvalue weighted by Gasteiger charge is -1.99. The van der Waals surface area contributed by atoms with Crippen LogP contribution in [0.25, 0.3) is 0 Å². The molecule has 0 aliphatic heterocycles. The van der Waals surface area contributed by atoms with E-state index in [1.54, 1.807) is 0 Å². The van der Waals surface area contributed by atoms with Crippen LogP contribution in [0, 0.1) is 10.1 Å². The summed E-state index contributed by atoms with van der Waals surface area (Å²) in [6.45, 7) is 0. The Hall–Kier alpha value is -2.25. The van der Waals surface area contributed by atoms with Crippen LogP contribution in [0.4, 0.5) is 5.69 Å². The minimum atomic E-state index is -4.39. The molecule has 0 atom stereocenters. The van der Waals surface area contributed by atoms with Crippen molar-refractivity contribution in [2.45, 2.75) is 0 Å². The summed E-state index contributed by atoms with van der Waals surface area (Å²) in [5, 5.41) is 10.3. The van der Waals surface area contributed by atoms with Crippen molar-refractivity contribution in [2.24, 2.45) is 4.40 Å². The molecule has 0 saturated carbocycles. The van der Waals surface area contributed by atoms with Crippen LogP contribution < -0.4 is 4.18 Å². The molecule has 1 aromatic carbocycles. The molecule has 0 radical (unpaired) electrons. The van der Waals surface area contributed by atoms with E-state index in [4.69, 9.17) is 0 Å². The number of benzene rings is 1. The van der Waals surface area contributed by atoms with Gasteiger partial charge in [0, 0.05) is 12.1 Å². The standard InChI is InChI=1S/C7H4N2O6S/c10-5-8-16(13,14)15-7-3-1-6(2-4-7)9(11)12/h1-4H. The van der Waals surface area contributed by atoms with E-state index in [0.717, 1.165) is 30.3 Å². The Morgan fingerprint density at radius 2 is 1.88 bits per heavy atom. The molecule has 0 spiro atoms. The van der Waals surface area contributed by atoms with E-state index in [1.165, 1.54) is 0 Å². The van der Waals surface area contributed by atoms with Crippen molar-refractivity contribution in [3.8, 4) is 5.75 Å². The minimum Gasteiger partial charge on any atom is -0.365 e. The van der Waals surface area contributed by atoms with Gasteiger partial charge in [0.15, 0.2) is 0 Å². The molecule has 8 nitrogen and oxygen atoms in total. The summed E-state index contributed by atoms with van der Waals surface area (Å²) in [5.41, 5.74) is -0.219. The number of isocyanates is 1. The molecule has 0 aliphatic rings. The van der Waals surface area contributed by atoms with Gasteiger partial charge in [-0.15, -0.1) is 0 Å². The van der Waals surface area contributed by atoms with Crippen molar-refractivity contribution in [3.05, 3.63) is 34.4 Å². The summed E-state index contributed by atoms with van der Waals surface area (Å²) < 4.78 is 28.4. The Bertz CT molecular complexity index is 543. The van der Waals surface area contributed by atoms with E-state index >= 15 is 0 Å². The monoisotopic (exact) mass is 244 g/mol. The second kappa shape index (κ2) is 4.51. The van der Waals surface area contributed by atoms with Gasteiger partial charge in [0.2, 0.25) is 0 Å². The lowest BCUT2D eigenvalue weighted by Crippen LogP contribution is -2.04. The highest BCUT2D eigenvalue weighted by Crippen LogP contribution is 2.18. The molecular formula is C7H4N2O6S. The van der Waals surface area contributed by atoms with Crippen LogP contribution >= 0.6 is 0 Å². The number of rotatable bonds is 4. The van der Waals surface area contributed by atoms with E-state index in [0.29, 0.717) is 0 Å². The first-order chi connectivity index (χ1) is 7.44. The topological polar surface area (TPSA) is 116 Å². The number of carbonyl (C=O) groups excluding carboxylic acids is 1. The fraction of sp³-hybridized carbons (Fsp3) is 0. The zero-order chi connectivity index (χ0) is 12.2. The first-order valence-corrected chi connectivity index (χ1v) is 5.09. The van der Waals surface area contributed by atoms with E-state index < -0.39 is 15.2 Å². The third-order valence-electron chi connectivity index (χ3n) is 1.40. The Balaban J connectivity index is 2.92. The zero-order valence-corrected chi connectivity index (χ0v) is 8.38. The number of nitrogens with zero attached hydrogens (tertiary/aromatic N) is 2. The van der Waals surface area contributed by atoms with Crippen LogP contribution in [-0.4, -0.2) is 19.4 Å². The van der Waals surface area contributed by atoms with Crippen LogP contribution in [0.1, 0.15) is 0 Å². The molecule has 1 aromatic rings. The van der Waals surface area contributed by atoms with Crippen molar-refractivity contribution in [1.82, 2.24) is 0 Å². The van der Waals surface area contributed by atoms with Gasteiger partial charge in [-0.2, -0.15) is 8.42 Å². The molecular weight excluding hydrogens is 240 g/mol. The molecule has 0 N–H and O–H groups in total. The maximum absolute atomic E-state index is 10.8. The van der Waals surface area contributed by atoms with Gasteiger partial charge in [-0.1, -0.05) is 0 Å². The highest BCUT2D eigenvalue weighted by atomic mass is 32.2. The summed E-state index contributed by atoms with van der Waals surface area (Å²) in [4.78, 5) is 19.3. The summed E-state index contributed by atoms with van der Waals surface area (Å²) >= 11 is 0. The van der Waals surface area contributed by atoms with Crippen LogP contribution in [-0.2, 0) is 15.1 Å². The highest BCUT2D eigenvalue weighted by molar-refractivity contribution is 7.85. The quantitative estimate of drug-likeness (QED) is 0.330. The molecule has 0 amide bonds. The number of non-ortho nitro benzene ring substituents is 1. The lowest BCUT2D eigenvalue weighted by atomic mass is 10.3. The van der Waals surface area contributed by atoms with Gasteiger partial charge >= 0.3 is 10.3 Å². The van der Waals surface area contributed by atoms with Crippen LogP contribution in [0.15, 0.2) is 28.7 Å². The van der Waals surface area contributed by atoms with Crippen molar-refractivity contribution in [2.75, 3.05) is 0 Å². The van der Waals surface area contributed by atoms with Gasteiger partial charge in [-0.3, -0.25) is 10.1 Å². The second-order valence-electron chi connectivity index (χ2n) is 2.44. The third-order valence-corrected chi connectivity index (χ3v) is 2.10. The maximum Gasteiger partial charge on any atom is 0.439 e. The number of hydrogen-bond donors (Lipinski definition) is 0. The average Bonchev–Trinajstić information content (AvgIpc) is 2.17. The molecule has 1 rings (SSSR count). The fourth-order valence-electron chi connectivity index (χ4n) is 0.809. The Kier molecular flexibility index (Phi) is 3.33. The van der Waals surface area contributed by atoms with Crippen molar-refractivity contribution in [3.63, 3.8) is 0 Å². The Morgan fingerprint density at radius 1 is 1.31 bits per heavy atom. The normalized spacial score (nSPS) is 10.2. The highest BCUT2D eigenvalue weighted by Gasteiger charge is 2.11. The number of nitro benzene ring substituents is 1. The molecule has 0 unspecified atom stereocenters. The predicted octanol–water partition coefficient (Wildman–Crippen LogP) is 0.554. The van der Waals surface area contributed by atoms with E-state index in [9.17, 15) is 23.3 Å². The molecule has 84 valence electrons. The fourth-order valence-corrected chi connectivity index (χ4v) is 1.29. The van der Waals surface area contributed by atoms with E-state index in [1.807, 2.05) is 0 Å². The van der Waals surface area contributed by atoms with Crippen LogP contribution in [0.2, 0.25) is 0 Å². The largest absolute Gasteiger partial charge is 0.439 e. The molecule has 0 saturated heterocycles. The molecule has 0 heterocycles. The molecule has 0 aromatic heterocycles. The first-order valence-electron chi connectivity index (χ1n) is 3.72. The molecule has 0 fully saturated rings. The first kappa shape index (κ1) is 11.8. The van der Waals surface area contributed by atoms with Crippen LogP contribution in [0.3, 0.4) is 0 Å². The molecule has 9 heteroatoms. The average molecular weight is 244 g/mol. The van der Waals surface area contributed by atoms with E-state index in [2.05, 4.69) is 8.58 Å². The Labute approximate surface area is 89.6 Å². The predicted molar refractivity (Wildman–Crippen MR) is 50.8 cm³/mol. The van der Waals surface area contributed by atoms with Gasteiger partial charge in [-0.25, -0.2) is 4.79 Å². The van der Waals surface area contributed by atoms with Gasteiger partial charge < -0.3 is 4.18 Å². The second-order valence-corrected chi connectivity index (χ2v) is 3.65. The van der Waals surface area contributed by atoms with Gasteiger partial charge in [0.25, 0.3) is 11.8 Å². The third kappa shape index (κ3) is 3.15. The van der Waals surface area contributed by atoms with Gasteiger partial charge in [0.1, 0.15) is 5.75 Å².